The maximum Gasteiger partial charge on any atom is 0.410 e. The van der Waals surface area contributed by atoms with Crippen LogP contribution in [0.1, 0.15) is 5.56 Å². The van der Waals surface area contributed by atoms with E-state index in [0.717, 1.165) is 11.8 Å². The molecule has 2 rings (SSSR count). The van der Waals surface area contributed by atoms with Crippen LogP contribution in [0.3, 0.4) is 0 Å². The molecule has 1 aliphatic rings. The third-order valence-electron chi connectivity index (χ3n) is 3.78. The quantitative estimate of drug-likeness (QED) is 0.669. The normalized spacial score (nSPS) is 17.3. The van der Waals surface area contributed by atoms with Gasteiger partial charge < -0.3 is 9.64 Å². The summed E-state index contributed by atoms with van der Waals surface area (Å²) >= 11 is 0. The fourth-order valence-corrected chi connectivity index (χ4v) is 3.17. The molecular weight excluding hydrogens is 351 g/mol. The van der Waals surface area contributed by atoms with Gasteiger partial charge >= 0.3 is 6.09 Å². The summed E-state index contributed by atoms with van der Waals surface area (Å²) in [5.41, 5.74) is 0.915. The molecule has 140 valence electrons. The zero-order valence-corrected chi connectivity index (χ0v) is 15.0. The van der Waals surface area contributed by atoms with E-state index in [1.54, 1.807) is 4.90 Å². The van der Waals surface area contributed by atoms with Gasteiger partial charge in [0, 0.05) is 32.7 Å². The van der Waals surface area contributed by atoms with Crippen LogP contribution in [0.4, 0.5) is 9.18 Å². The predicted molar refractivity (Wildman–Crippen MR) is 90.3 cm³/mol. The molecule has 0 N–H and O–H groups in total. The molecular formula is C16H23FN2O5S. The lowest BCUT2D eigenvalue weighted by Crippen LogP contribution is -2.51. The second-order valence-corrected chi connectivity index (χ2v) is 7.51. The Morgan fingerprint density at radius 2 is 1.84 bits per heavy atom. The highest BCUT2D eigenvalue weighted by molar-refractivity contribution is 7.86. The predicted octanol–water partition coefficient (Wildman–Crippen LogP) is 1.26. The number of nitrogens with zero attached hydrogens (tertiary/aromatic N) is 2. The molecule has 1 saturated heterocycles. The molecule has 0 radical (unpaired) electrons. The molecule has 1 unspecified atom stereocenters. The summed E-state index contributed by atoms with van der Waals surface area (Å²) in [7, 11) is -3.70. The molecule has 1 aromatic rings. The van der Waals surface area contributed by atoms with Crippen molar-refractivity contribution in [1.82, 2.24) is 9.80 Å². The largest absolute Gasteiger partial charge is 0.445 e. The standard InChI is InChI=1S/C16H23FN2O5S/c1-25(21,22)24-15(11-17)12-18-7-9-19(10-8-18)16(20)23-13-14-5-3-2-4-6-14/h2-6,15H,7-13H2,1H3. The minimum atomic E-state index is -3.70. The lowest BCUT2D eigenvalue weighted by Gasteiger charge is -2.35. The maximum absolute atomic E-state index is 12.9. The number of carbonyl (C=O) groups is 1. The van der Waals surface area contributed by atoms with Crippen molar-refractivity contribution in [2.75, 3.05) is 45.7 Å². The van der Waals surface area contributed by atoms with E-state index in [2.05, 4.69) is 0 Å². The maximum atomic E-state index is 12.9. The number of ether oxygens (including phenoxy) is 1. The number of halogens is 1. The molecule has 0 aliphatic carbocycles. The fraction of sp³-hybridized carbons (Fsp3) is 0.562. The van der Waals surface area contributed by atoms with Gasteiger partial charge in [-0.05, 0) is 5.56 Å². The number of benzene rings is 1. The van der Waals surface area contributed by atoms with Crippen LogP contribution in [0.25, 0.3) is 0 Å². The van der Waals surface area contributed by atoms with E-state index < -0.39 is 29.0 Å². The molecule has 25 heavy (non-hydrogen) atoms. The van der Waals surface area contributed by atoms with Gasteiger partial charge in [-0.15, -0.1) is 0 Å². The van der Waals surface area contributed by atoms with Crippen molar-refractivity contribution in [2.45, 2.75) is 12.7 Å². The van der Waals surface area contributed by atoms with Crippen LogP contribution in [0, 0.1) is 0 Å². The molecule has 1 fully saturated rings. The Bertz CT molecular complexity index is 648. The number of hydrogen-bond donors (Lipinski definition) is 0. The molecule has 1 heterocycles. The van der Waals surface area contributed by atoms with Crippen molar-refractivity contribution in [3.05, 3.63) is 35.9 Å². The van der Waals surface area contributed by atoms with E-state index in [0.29, 0.717) is 26.2 Å². The fourth-order valence-electron chi connectivity index (χ4n) is 2.56. The van der Waals surface area contributed by atoms with Gasteiger partial charge in [-0.2, -0.15) is 8.42 Å². The Balaban J connectivity index is 1.74. The Morgan fingerprint density at radius 1 is 1.20 bits per heavy atom. The first-order valence-corrected chi connectivity index (χ1v) is 9.81. The molecule has 1 atom stereocenters. The molecule has 1 amide bonds. The highest BCUT2D eigenvalue weighted by Gasteiger charge is 2.25. The second-order valence-electron chi connectivity index (χ2n) is 5.90. The first kappa shape index (κ1) is 19.6. The van der Waals surface area contributed by atoms with Gasteiger partial charge in [0.1, 0.15) is 19.4 Å². The van der Waals surface area contributed by atoms with Gasteiger partial charge in [-0.3, -0.25) is 9.08 Å². The molecule has 7 nitrogen and oxygen atoms in total. The lowest BCUT2D eigenvalue weighted by molar-refractivity contribution is 0.0551. The van der Waals surface area contributed by atoms with Crippen molar-refractivity contribution in [1.29, 1.82) is 0 Å². The van der Waals surface area contributed by atoms with Gasteiger partial charge in [0.25, 0.3) is 10.1 Å². The Labute approximate surface area is 147 Å². The zero-order valence-electron chi connectivity index (χ0n) is 14.1. The molecule has 9 heteroatoms. The smallest absolute Gasteiger partial charge is 0.410 e. The van der Waals surface area contributed by atoms with Crippen LogP contribution in [-0.4, -0.2) is 76.1 Å². The number of amides is 1. The van der Waals surface area contributed by atoms with Crippen LogP contribution >= 0.6 is 0 Å². The second kappa shape index (κ2) is 9.12. The number of alkyl halides is 1. The molecule has 1 aliphatic heterocycles. The molecule has 0 saturated carbocycles. The number of piperazine rings is 1. The zero-order chi connectivity index (χ0) is 18.3. The summed E-state index contributed by atoms with van der Waals surface area (Å²) < 4.78 is 45.1. The third kappa shape index (κ3) is 6.97. The average molecular weight is 374 g/mol. The highest BCUT2D eigenvalue weighted by atomic mass is 32.2. The van der Waals surface area contributed by atoms with Crippen LogP contribution in [0.15, 0.2) is 30.3 Å². The summed E-state index contributed by atoms with van der Waals surface area (Å²) in [4.78, 5) is 15.5. The number of hydrogen-bond acceptors (Lipinski definition) is 6. The van der Waals surface area contributed by atoms with E-state index in [1.165, 1.54) is 0 Å². The Morgan fingerprint density at radius 3 is 2.40 bits per heavy atom. The summed E-state index contributed by atoms with van der Waals surface area (Å²) in [6, 6.07) is 9.40. The molecule has 0 aromatic heterocycles. The summed E-state index contributed by atoms with van der Waals surface area (Å²) in [5, 5.41) is 0. The summed E-state index contributed by atoms with van der Waals surface area (Å²) in [6.45, 7) is 1.38. The minimum Gasteiger partial charge on any atom is -0.445 e. The Hall–Kier alpha value is -1.71. The van der Waals surface area contributed by atoms with E-state index in [9.17, 15) is 17.6 Å². The van der Waals surface area contributed by atoms with Gasteiger partial charge in [0.2, 0.25) is 0 Å². The van der Waals surface area contributed by atoms with E-state index in [-0.39, 0.29) is 13.2 Å². The third-order valence-corrected chi connectivity index (χ3v) is 4.40. The van der Waals surface area contributed by atoms with Gasteiger partial charge in [-0.1, -0.05) is 30.3 Å². The van der Waals surface area contributed by atoms with Crippen molar-refractivity contribution >= 4 is 16.2 Å². The minimum absolute atomic E-state index is 0.163. The molecule has 1 aromatic carbocycles. The summed E-state index contributed by atoms with van der Waals surface area (Å²) in [5.74, 6) is 0. The first-order valence-electron chi connectivity index (χ1n) is 7.99. The molecule has 0 spiro atoms. The highest BCUT2D eigenvalue weighted by Crippen LogP contribution is 2.09. The van der Waals surface area contributed by atoms with Gasteiger partial charge in [-0.25, -0.2) is 9.18 Å². The first-order chi connectivity index (χ1) is 11.9. The van der Waals surface area contributed by atoms with Gasteiger partial charge in [0.05, 0.1) is 6.26 Å². The van der Waals surface area contributed by atoms with Crippen molar-refractivity contribution < 1.29 is 26.5 Å². The van der Waals surface area contributed by atoms with Crippen LogP contribution in [-0.2, 0) is 25.6 Å². The topological polar surface area (TPSA) is 76.2 Å². The number of rotatable bonds is 7. The monoisotopic (exact) mass is 374 g/mol. The van der Waals surface area contributed by atoms with E-state index in [1.807, 2.05) is 35.2 Å². The number of carbonyl (C=O) groups excluding carboxylic acids is 1. The Kier molecular flexibility index (Phi) is 7.15. The lowest BCUT2D eigenvalue weighted by atomic mass is 10.2. The van der Waals surface area contributed by atoms with E-state index >= 15 is 0 Å². The SMILES string of the molecule is CS(=O)(=O)OC(CF)CN1CCN(C(=O)OCc2ccccc2)CC1. The van der Waals surface area contributed by atoms with Crippen LogP contribution < -0.4 is 0 Å². The average Bonchev–Trinajstić information content (AvgIpc) is 2.59. The van der Waals surface area contributed by atoms with E-state index in [4.69, 9.17) is 8.92 Å². The van der Waals surface area contributed by atoms with Crippen LogP contribution in [0.5, 0.6) is 0 Å². The summed E-state index contributed by atoms with van der Waals surface area (Å²) in [6.07, 6.45) is -0.513. The van der Waals surface area contributed by atoms with Crippen molar-refractivity contribution in [3.8, 4) is 0 Å². The van der Waals surface area contributed by atoms with Crippen molar-refractivity contribution in [3.63, 3.8) is 0 Å². The van der Waals surface area contributed by atoms with Crippen LogP contribution in [0.2, 0.25) is 0 Å². The molecule has 0 bridgehead atoms. The van der Waals surface area contributed by atoms with Gasteiger partial charge in [0.15, 0.2) is 0 Å². The van der Waals surface area contributed by atoms with Crippen molar-refractivity contribution in [2.24, 2.45) is 0 Å².